The van der Waals surface area contributed by atoms with Gasteiger partial charge in [0, 0.05) is 26.8 Å². The summed E-state index contributed by atoms with van der Waals surface area (Å²) in [7, 11) is 2.09. The molecule has 4 nitrogen and oxygen atoms in total. The zero-order chi connectivity index (χ0) is 13.0. The first-order chi connectivity index (χ1) is 8.66. The van der Waals surface area contributed by atoms with E-state index < -0.39 is 6.10 Å². The molecule has 4 heteroatoms. The molecule has 0 bridgehead atoms. The van der Waals surface area contributed by atoms with Crippen molar-refractivity contribution in [3.63, 3.8) is 0 Å². The summed E-state index contributed by atoms with van der Waals surface area (Å²) in [5.41, 5.74) is 1.82. The quantitative estimate of drug-likeness (QED) is 0.887. The van der Waals surface area contributed by atoms with Crippen LogP contribution in [-0.4, -0.2) is 36.9 Å². The molecule has 0 amide bonds. The van der Waals surface area contributed by atoms with Crippen LogP contribution in [0.15, 0.2) is 18.3 Å². The molecule has 1 aliphatic rings. The molecule has 1 saturated heterocycles. The van der Waals surface area contributed by atoms with Gasteiger partial charge in [-0.05, 0) is 37.8 Å². The molecule has 1 atom stereocenters. The van der Waals surface area contributed by atoms with Gasteiger partial charge in [-0.15, -0.1) is 0 Å². The Balaban J connectivity index is 1.93. The van der Waals surface area contributed by atoms with Crippen LogP contribution in [0.3, 0.4) is 0 Å². The largest absolute Gasteiger partial charge is 0.387 e. The lowest BCUT2D eigenvalue weighted by Gasteiger charge is -2.28. The van der Waals surface area contributed by atoms with Crippen molar-refractivity contribution in [2.24, 2.45) is 5.92 Å². The van der Waals surface area contributed by atoms with E-state index in [4.69, 9.17) is 4.74 Å². The Kier molecular flexibility index (Phi) is 4.55. The number of hydrogen-bond donors (Lipinski definition) is 1. The highest BCUT2D eigenvalue weighted by Gasteiger charge is 2.16. The molecular formula is C14H22N2O2. The van der Waals surface area contributed by atoms with Gasteiger partial charge in [-0.1, -0.05) is 0 Å². The van der Waals surface area contributed by atoms with E-state index in [1.807, 2.05) is 18.3 Å². The zero-order valence-electron chi connectivity index (χ0n) is 11.2. The molecule has 1 aromatic heterocycles. The lowest BCUT2D eigenvalue weighted by atomic mass is 10.00. The van der Waals surface area contributed by atoms with E-state index >= 15 is 0 Å². The van der Waals surface area contributed by atoms with Crippen LogP contribution in [0.2, 0.25) is 0 Å². The Bertz CT molecular complexity index is 359. The minimum absolute atomic E-state index is 0.500. The Hall–Kier alpha value is -1.13. The molecule has 1 fully saturated rings. The van der Waals surface area contributed by atoms with Crippen LogP contribution in [0.1, 0.15) is 31.6 Å². The highest BCUT2D eigenvalue weighted by Crippen LogP contribution is 2.20. The van der Waals surface area contributed by atoms with Crippen molar-refractivity contribution < 1.29 is 9.84 Å². The molecule has 1 aromatic rings. The highest BCUT2D eigenvalue weighted by atomic mass is 16.5. The Morgan fingerprint density at radius 3 is 2.72 bits per heavy atom. The van der Waals surface area contributed by atoms with E-state index in [2.05, 4.69) is 16.9 Å². The summed E-state index contributed by atoms with van der Waals surface area (Å²) in [6, 6.07) is 3.91. The zero-order valence-corrected chi connectivity index (χ0v) is 11.2. The second-order valence-corrected chi connectivity index (χ2v) is 5.05. The highest BCUT2D eigenvalue weighted by molar-refractivity contribution is 5.43. The number of hydrogen-bond acceptors (Lipinski definition) is 4. The summed E-state index contributed by atoms with van der Waals surface area (Å²) in [6.07, 6.45) is 3.62. The third-order valence-corrected chi connectivity index (χ3v) is 3.51. The summed E-state index contributed by atoms with van der Waals surface area (Å²) in [6.45, 7) is 4.54. The van der Waals surface area contributed by atoms with Crippen molar-refractivity contribution in [1.29, 1.82) is 0 Å². The molecular weight excluding hydrogens is 228 g/mol. The second kappa shape index (κ2) is 6.16. The van der Waals surface area contributed by atoms with Crippen LogP contribution in [0, 0.1) is 5.92 Å². The maximum atomic E-state index is 9.42. The Labute approximate surface area is 109 Å². The number of anilines is 1. The van der Waals surface area contributed by atoms with E-state index in [0.717, 1.165) is 44.0 Å². The summed E-state index contributed by atoms with van der Waals surface area (Å²) in [4.78, 5) is 6.51. The number of ether oxygens (including phenoxy) is 1. The van der Waals surface area contributed by atoms with Gasteiger partial charge in [-0.25, -0.2) is 0 Å². The fourth-order valence-electron chi connectivity index (χ4n) is 2.29. The maximum absolute atomic E-state index is 9.42. The number of aliphatic hydroxyl groups is 1. The molecule has 0 saturated carbocycles. The molecule has 2 heterocycles. The molecule has 1 N–H and O–H groups in total. The lowest BCUT2D eigenvalue weighted by molar-refractivity contribution is 0.0685. The summed E-state index contributed by atoms with van der Waals surface area (Å²) in [5.74, 6) is 0.709. The minimum Gasteiger partial charge on any atom is -0.387 e. The van der Waals surface area contributed by atoms with Gasteiger partial charge in [0.1, 0.15) is 0 Å². The van der Waals surface area contributed by atoms with Crippen molar-refractivity contribution in [3.05, 3.63) is 24.0 Å². The average Bonchev–Trinajstić information content (AvgIpc) is 2.40. The molecule has 1 aliphatic heterocycles. The number of aliphatic hydroxyl groups excluding tert-OH is 1. The third-order valence-electron chi connectivity index (χ3n) is 3.51. The first-order valence-corrected chi connectivity index (χ1v) is 6.59. The predicted molar refractivity (Wildman–Crippen MR) is 71.7 cm³/mol. The lowest BCUT2D eigenvalue weighted by Crippen LogP contribution is -2.29. The van der Waals surface area contributed by atoms with Gasteiger partial charge in [0.2, 0.25) is 0 Å². The Morgan fingerprint density at radius 2 is 2.17 bits per heavy atom. The first kappa shape index (κ1) is 13.3. The molecule has 0 radical (unpaired) electrons. The number of nitrogens with zero attached hydrogens (tertiary/aromatic N) is 2. The maximum Gasteiger partial charge on any atom is 0.0931 e. The molecule has 1 unspecified atom stereocenters. The smallest absolute Gasteiger partial charge is 0.0931 e. The number of aromatic nitrogens is 1. The summed E-state index contributed by atoms with van der Waals surface area (Å²) >= 11 is 0. The van der Waals surface area contributed by atoms with Gasteiger partial charge in [0.25, 0.3) is 0 Å². The molecule has 0 aliphatic carbocycles. The van der Waals surface area contributed by atoms with Crippen LogP contribution in [0.4, 0.5) is 5.69 Å². The first-order valence-electron chi connectivity index (χ1n) is 6.59. The van der Waals surface area contributed by atoms with E-state index in [1.54, 1.807) is 6.92 Å². The van der Waals surface area contributed by atoms with Crippen molar-refractivity contribution in [3.8, 4) is 0 Å². The fourth-order valence-corrected chi connectivity index (χ4v) is 2.29. The minimum atomic E-state index is -0.500. The van der Waals surface area contributed by atoms with Gasteiger partial charge in [0.15, 0.2) is 0 Å². The molecule has 0 spiro atoms. The number of pyridine rings is 1. The van der Waals surface area contributed by atoms with Crippen LogP contribution in [0.25, 0.3) is 0 Å². The predicted octanol–water partition coefficient (Wildman–Crippen LogP) is 2.00. The van der Waals surface area contributed by atoms with Crippen LogP contribution in [-0.2, 0) is 4.74 Å². The van der Waals surface area contributed by atoms with Crippen molar-refractivity contribution in [2.45, 2.75) is 25.9 Å². The third kappa shape index (κ3) is 3.43. The van der Waals surface area contributed by atoms with Crippen LogP contribution >= 0.6 is 0 Å². The SMILES string of the molecule is CC(O)c1ccc(N(C)CC2CCOCC2)cn1. The van der Waals surface area contributed by atoms with Crippen LogP contribution < -0.4 is 4.90 Å². The molecule has 2 rings (SSSR count). The van der Waals surface area contributed by atoms with E-state index in [9.17, 15) is 5.11 Å². The van der Waals surface area contributed by atoms with Crippen LogP contribution in [0.5, 0.6) is 0 Å². The normalized spacial score (nSPS) is 18.6. The van der Waals surface area contributed by atoms with Gasteiger partial charge in [0.05, 0.1) is 23.7 Å². The Morgan fingerprint density at radius 1 is 1.44 bits per heavy atom. The molecule has 0 aromatic carbocycles. The van der Waals surface area contributed by atoms with E-state index in [0.29, 0.717) is 5.92 Å². The van der Waals surface area contributed by atoms with Crippen molar-refractivity contribution in [2.75, 3.05) is 31.7 Å². The monoisotopic (exact) mass is 250 g/mol. The standard InChI is InChI=1S/C14H22N2O2/c1-11(17)14-4-3-13(9-15-14)16(2)10-12-5-7-18-8-6-12/h3-4,9,11-12,17H,5-8,10H2,1-2H3. The topological polar surface area (TPSA) is 45.6 Å². The van der Waals surface area contributed by atoms with Gasteiger partial charge >= 0.3 is 0 Å². The van der Waals surface area contributed by atoms with Gasteiger partial charge < -0.3 is 14.7 Å². The average molecular weight is 250 g/mol. The molecule has 100 valence electrons. The van der Waals surface area contributed by atoms with E-state index in [-0.39, 0.29) is 0 Å². The van der Waals surface area contributed by atoms with E-state index in [1.165, 1.54) is 0 Å². The fraction of sp³-hybridized carbons (Fsp3) is 0.643. The number of rotatable bonds is 4. The second-order valence-electron chi connectivity index (χ2n) is 5.05. The summed E-state index contributed by atoms with van der Waals surface area (Å²) < 4.78 is 5.37. The molecule has 18 heavy (non-hydrogen) atoms. The van der Waals surface area contributed by atoms with Gasteiger partial charge in [-0.3, -0.25) is 4.98 Å². The van der Waals surface area contributed by atoms with Gasteiger partial charge in [-0.2, -0.15) is 0 Å². The van der Waals surface area contributed by atoms with Crippen molar-refractivity contribution in [1.82, 2.24) is 4.98 Å². The van der Waals surface area contributed by atoms with Crippen molar-refractivity contribution >= 4 is 5.69 Å². The summed E-state index contributed by atoms with van der Waals surface area (Å²) in [5, 5.41) is 9.42.